The number of hydrogen-bond acceptors (Lipinski definition) is 3. The second-order valence-electron chi connectivity index (χ2n) is 6.88. The van der Waals surface area contributed by atoms with Crippen LogP contribution < -0.4 is 5.32 Å². The van der Waals surface area contributed by atoms with E-state index in [9.17, 15) is 9.90 Å². The Labute approximate surface area is 137 Å². The molecule has 1 unspecified atom stereocenters. The normalized spacial score (nSPS) is 13.1. The summed E-state index contributed by atoms with van der Waals surface area (Å²) in [6.07, 6.45) is 1.05. The summed E-state index contributed by atoms with van der Waals surface area (Å²) in [5, 5.41) is 20.0. The van der Waals surface area contributed by atoms with Crippen molar-refractivity contribution < 1.29 is 9.90 Å². The van der Waals surface area contributed by atoms with Gasteiger partial charge in [0.05, 0.1) is 23.6 Å². The Balaban J connectivity index is 2.10. The molecule has 0 aliphatic carbocycles. The van der Waals surface area contributed by atoms with Gasteiger partial charge in [0.1, 0.15) is 0 Å². The van der Waals surface area contributed by atoms with Crippen LogP contribution in [0.3, 0.4) is 0 Å². The average Bonchev–Trinajstić information content (AvgIpc) is 3.02. The topological polar surface area (TPSA) is 78.0 Å². The molecule has 0 aliphatic heterocycles. The summed E-state index contributed by atoms with van der Waals surface area (Å²) in [5.41, 5.74) is 1.72. The lowest BCUT2D eigenvalue weighted by Gasteiger charge is -2.33. The van der Waals surface area contributed by atoms with Gasteiger partial charge in [-0.3, -0.25) is 9.89 Å². The van der Waals surface area contributed by atoms with Crippen molar-refractivity contribution in [1.82, 2.24) is 15.5 Å². The molecule has 1 aromatic carbocycles. The Morgan fingerprint density at radius 1 is 1.30 bits per heavy atom. The highest BCUT2D eigenvalue weighted by Gasteiger charge is 2.31. The van der Waals surface area contributed by atoms with E-state index in [0.717, 1.165) is 5.56 Å². The number of aliphatic hydroxyl groups excluding tert-OH is 1. The minimum Gasteiger partial charge on any atom is -0.392 e. The molecule has 1 aromatic heterocycles. The van der Waals surface area contributed by atoms with Gasteiger partial charge in [-0.25, -0.2) is 0 Å². The van der Waals surface area contributed by atoms with Crippen LogP contribution in [0.4, 0.5) is 0 Å². The van der Waals surface area contributed by atoms with Gasteiger partial charge in [-0.1, -0.05) is 58.0 Å². The fourth-order valence-electron chi connectivity index (χ4n) is 2.69. The zero-order chi connectivity index (χ0) is 17.0. The number of nitrogens with one attached hydrogen (secondary N) is 2. The monoisotopic (exact) mass is 315 g/mol. The van der Waals surface area contributed by atoms with Crippen molar-refractivity contribution in [2.75, 3.05) is 6.54 Å². The molecule has 5 nitrogen and oxygen atoms in total. The van der Waals surface area contributed by atoms with Crippen molar-refractivity contribution in [3.8, 4) is 11.3 Å². The summed E-state index contributed by atoms with van der Waals surface area (Å²) in [7, 11) is 0. The van der Waals surface area contributed by atoms with Crippen LogP contribution in [0.2, 0.25) is 0 Å². The quantitative estimate of drug-likeness (QED) is 0.767. The maximum absolute atomic E-state index is 12.5. The van der Waals surface area contributed by atoms with Gasteiger partial charge in [0.25, 0.3) is 5.91 Å². The SMILES string of the molecule is CC(C)C(O)C(C)(C)CNC(=O)c1cn[nH]c1-c1ccccc1. The third-order valence-electron chi connectivity index (χ3n) is 4.08. The highest BCUT2D eigenvalue weighted by molar-refractivity contribution is 5.99. The van der Waals surface area contributed by atoms with Crippen molar-refractivity contribution in [3.63, 3.8) is 0 Å². The molecular weight excluding hydrogens is 290 g/mol. The number of aromatic nitrogens is 2. The number of carbonyl (C=O) groups is 1. The Hall–Kier alpha value is -2.14. The molecule has 1 amide bonds. The molecule has 1 heterocycles. The first kappa shape index (κ1) is 17.2. The Bertz CT molecular complexity index is 647. The number of rotatable bonds is 6. The lowest BCUT2D eigenvalue weighted by Crippen LogP contribution is -2.43. The predicted octanol–water partition coefficient (Wildman–Crippen LogP) is 2.85. The molecule has 0 saturated carbocycles. The van der Waals surface area contributed by atoms with E-state index >= 15 is 0 Å². The van der Waals surface area contributed by atoms with Crippen LogP contribution in [0, 0.1) is 11.3 Å². The highest BCUT2D eigenvalue weighted by atomic mass is 16.3. The van der Waals surface area contributed by atoms with Crippen LogP contribution in [0.5, 0.6) is 0 Å². The molecule has 3 N–H and O–H groups in total. The Morgan fingerprint density at radius 2 is 1.96 bits per heavy atom. The van der Waals surface area contributed by atoms with Crippen molar-refractivity contribution in [3.05, 3.63) is 42.1 Å². The molecule has 0 aliphatic rings. The van der Waals surface area contributed by atoms with Crippen LogP contribution in [-0.2, 0) is 0 Å². The smallest absolute Gasteiger partial charge is 0.255 e. The van der Waals surface area contributed by atoms with E-state index in [4.69, 9.17) is 0 Å². The van der Waals surface area contributed by atoms with Gasteiger partial charge in [-0.05, 0) is 5.92 Å². The third kappa shape index (κ3) is 3.99. The van der Waals surface area contributed by atoms with Crippen LogP contribution in [-0.4, -0.2) is 33.9 Å². The molecule has 23 heavy (non-hydrogen) atoms. The minimum absolute atomic E-state index is 0.135. The van der Waals surface area contributed by atoms with E-state index in [2.05, 4.69) is 15.5 Å². The lowest BCUT2D eigenvalue weighted by atomic mass is 9.80. The lowest BCUT2D eigenvalue weighted by molar-refractivity contribution is 0.0138. The summed E-state index contributed by atoms with van der Waals surface area (Å²) in [5.74, 6) is -0.0580. The first-order valence-electron chi connectivity index (χ1n) is 7.88. The van der Waals surface area contributed by atoms with Gasteiger partial charge in [-0.2, -0.15) is 5.10 Å². The van der Waals surface area contributed by atoms with Crippen molar-refractivity contribution in [1.29, 1.82) is 0 Å². The van der Waals surface area contributed by atoms with E-state index in [0.29, 0.717) is 17.8 Å². The number of hydrogen-bond donors (Lipinski definition) is 3. The molecule has 0 fully saturated rings. The maximum Gasteiger partial charge on any atom is 0.255 e. The van der Waals surface area contributed by atoms with Gasteiger partial charge in [0.2, 0.25) is 0 Å². The number of H-pyrrole nitrogens is 1. The number of aliphatic hydroxyl groups is 1. The van der Waals surface area contributed by atoms with Gasteiger partial charge < -0.3 is 10.4 Å². The average molecular weight is 315 g/mol. The molecular formula is C18H25N3O2. The summed E-state index contributed by atoms with van der Waals surface area (Å²) in [6.45, 7) is 8.23. The van der Waals surface area contributed by atoms with Gasteiger partial charge in [-0.15, -0.1) is 0 Å². The molecule has 5 heteroatoms. The zero-order valence-electron chi connectivity index (χ0n) is 14.1. The van der Waals surface area contributed by atoms with E-state index in [1.807, 2.05) is 58.0 Å². The summed E-state index contributed by atoms with van der Waals surface area (Å²) >= 11 is 0. The van der Waals surface area contributed by atoms with E-state index < -0.39 is 11.5 Å². The van der Waals surface area contributed by atoms with Gasteiger partial charge in [0, 0.05) is 17.5 Å². The van der Waals surface area contributed by atoms with Crippen molar-refractivity contribution in [2.24, 2.45) is 11.3 Å². The van der Waals surface area contributed by atoms with Gasteiger partial charge >= 0.3 is 0 Å². The standard InChI is InChI=1S/C18H25N3O2/c1-12(2)16(22)18(3,4)11-19-17(23)14-10-20-21-15(14)13-8-6-5-7-9-13/h5-10,12,16,22H,11H2,1-4H3,(H,19,23)(H,20,21). The molecule has 2 aromatic rings. The number of aromatic amines is 1. The number of amides is 1. The van der Waals surface area contributed by atoms with Crippen LogP contribution >= 0.6 is 0 Å². The number of carbonyl (C=O) groups excluding carboxylic acids is 1. The van der Waals surface area contributed by atoms with E-state index in [1.165, 1.54) is 6.20 Å². The minimum atomic E-state index is -0.485. The predicted molar refractivity (Wildman–Crippen MR) is 91.0 cm³/mol. The van der Waals surface area contributed by atoms with Crippen LogP contribution in [0.15, 0.2) is 36.5 Å². The number of nitrogens with zero attached hydrogens (tertiary/aromatic N) is 1. The molecule has 124 valence electrons. The number of benzene rings is 1. The van der Waals surface area contributed by atoms with Gasteiger partial charge in [0.15, 0.2) is 0 Å². The first-order valence-corrected chi connectivity index (χ1v) is 7.88. The van der Waals surface area contributed by atoms with E-state index in [-0.39, 0.29) is 11.8 Å². The zero-order valence-corrected chi connectivity index (χ0v) is 14.1. The summed E-state index contributed by atoms with van der Waals surface area (Å²) in [6, 6.07) is 9.61. The molecule has 0 bridgehead atoms. The largest absolute Gasteiger partial charge is 0.392 e. The molecule has 0 saturated heterocycles. The van der Waals surface area contributed by atoms with E-state index in [1.54, 1.807) is 0 Å². The van der Waals surface area contributed by atoms with Crippen molar-refractivity contribution >= 4 is 5.91 Å². The van der Waals surface area contributed by atoms with Crippen molar-refractivity contribution in [2.45, 2.75) is 33.8 Å². The molecule has 0 radical (unpaired) electrons. The molecule has 2 rings (SSSR count). The van der Waals surface area contributed by atoms with Crippen LogP contribution in [0.1, 0.15) is 38.1 Å². The fraction of sp³-hybridized carbons (Fsp3) is 0.444. The second-order valence-corrected chi connectivity index (χ2v) is 6.88. The molecule has 0 spiro atoms. The third-order valence-corrected chi connectivity index (χ3v) is 4.08. The summed E-state index contributed by atoms with van der Waals surface area (Å²) in [4.78, 5) is 12.5. The Kier molecular flexibility index (Phi) is 5.21. The fourth-order valence-corrected chi connectivity index (χ4v) is 2.69. The highest BCUT2D eigenvalue weighted by Crippen LogP contribution is 2.26. The molecule has 1 atom stereocenters. The first-order chi connectivity index (χ1) is 10.8. The summed E-state index contributed by atoms with van der Waals surface area (Å²) < 4.78 is 0. The van der Waals surface area contributed by atoms with Crippen LogP contribution in [0.25, 0.3) is 11.3 Å². The second kappa shape index (κ2) is 6.96. The Morgan fingerprint density at radius 3 is 2.57 bits per heavy atom. The maximum atomic E-state index is 12.5.